The van der Waals surface area contributed by atoms with Gasteiger partial charge in [0.1, 0.15) is 11.3 Å². The number of phenolic OH excluding ortho intramolecular Hbond substituents is 1. The molecule has 3 aromatic rings. The van der Waals surface area contributed by atoms with Gasteiger partial charge < -0.3 is 14.8 Å². The maximum absolute atomic E-state index is 12.0. The van der Waals surface area contributed by atoms with Crippen molar-refractivity contribution in [3.8, 4) is 11.6 Å². The number of hydrogen-bond acceptors (Lipinski definition) is 5. The molecule has 0 spiro atoms. The molecule has 0 aliphatic carbocycles. The van der Waals surface area contributed by atoms with Crippen LogP contribution in [0, 0.1) is 10.1 Å². The van der Waals surface area contributed by atoms with Gasteiger partial charge in [-0.2, -0.15) is 0 Å². The molecule has 22 heavy (non-hydrogen) atoms. The fraction of sp³-hybridized carbons (Fsp3) is 0. The number of aromatic amines is 1. The van der Waals surface area contributed by atoms with Crippen LogP contribution in [0.15, 0.2) is 48.5 Å². The van der Waals surface area contributed by atoms with Gasteiger partial charge in [-0.25, -0.2) is 4.79 Å². The number of nitrogens with zero attached hydrogens (tertiary/aromatic N) is 1. The molecule has 0 radical (unpaired) electrons. The lowest BCUT2D eigenvalue weighted by Crippen LogP contribution is -2.08. The highest BCUT2D eigenvalue weighted by atomic mass is 16.6. The molecular weight excluding hydrogens is 288 g/mol. The summed E-state index contributed by atoms with van der Waals surface area (Å²) in [5.41, 5.74) is 0.586. The summed E-state index contributed by atoms with van der Waals surface area (Å²) in [5, 5.41) is 20.9. The third-order valence-electron chi connectivity index (χ3n) is 3.12. The maximum atomic E-state index is 12.0. The van der Waals surface area contributed by atoms with Crippen LogP contribution in [0.3, 0.4) is 0 Å². The number of nitrogens with one attached hydrogen (secondary N) is 1. The first-order chi connectivity index (χ1) is 10.5. The van der Waals surface area contributed by atoms with E-state index in [0.717, 1.165) is 0 Å². The van der Waals surface area contributed by atoms with Crippen LogP contribution in [0.2, 0.25) is 0 Å². The van der Waals surface area contributed by atoms with E-state index >= 15 is 0 Å². The van der Waals surface area contributed by atoms with E-state index in [-0.39, 0.29) is 22.9 Å². The van der Waals surface area contributed by atoms with Crippen LogP contribution >= 0.6 is 0 Å². The number of para-hydroxylation sites is 1. The van der Waals surface area contributed by atoms with Crippen LogP contribution < -0.4 is 4.74 Å². The number of nitro groups is 1. The molecule has 0 atom stereocenters. The number of esters is 1. The summed E-state index contributed by atoms with van der Waals surface area (Å²) in [6.45, 7) is 0. The molecule has 0 aliphatic heterocycles. The van der Waals surface area contributed by atoms with Gasteiger partial charge in [-0.3, -0.25) is 10.1 Å². The first-order valence-corrected chi connectivity index (χ1v) is 6.32. The van der Waals surface area contributed by atoms with Crippen LogP contribution in [0.1, 0.15) is 10.4 Å². The van der Waals surface area contributed by atoms with Crippen LogP contribution in [0.25, 0.3) is 10.9 Å². The third-order valence-corrected chi connectivity index (χ3v) is 3.12. The molecule has 0 unspecified atom stereocenters. The molecule has 0 saturated heterocycles. The highest BCUT2D eigenvalue weighted by Crippen LogP contribution is 2.26. The number of H-pyrrole nitrogens is 1. The number of aromatic hydroxyl groups is 1. The summed E-state index contributed by atoms with van der Waals surface area (Å²) < 4.78 is 5.14. The number of hydrogen-bond donors (Lipinski definition) is 2. The maximum Gasteiger partial charge on any atom is 0.348 e. The molecule has 0 saturated carbocycles. The molecule has 1 aromatic heterocycles. The summed E-state index contributed by atoms with van der Waals surface area (Å²) in [7, 11) is 0. The van der Waals surface area contributed by atoms with E-state index in [9.17, 15) is 20.0 Å². The molecule has 7 nitrogen and oxygen atoms in total. The molecule has 3 rings (SSSR count). The van der Waals surface area contributed by atoms with Gasteiger partial charge >= 0.3 is 5.97 Å². The number of phenols is 1. The third kappa shape index (κ3) is 2.47. The standard InChI is InChI=1S/C15H10N2O5/c18-13-4-2-1-3-11(13)15(19)22-14-8-9-7-10(17(20)21)5-6-12(9)16-14/h1-8,16,18H. The van der Waals surface area contributed by atoms with Gasteiger partial charge in [0.25, 0.3) is 5.69 Å². The Labute approximate surface area is 123 Å². The molecule has 110 valence electrons. The predicted molar refractivity (Wildman–Crippen MR) is 78.0 cm³/mol. The highest BCUT2D eigenvalue weighted by Gasteiger charge is 2.15. The Hall–Kier alpha value is -3.35. The second-order valence-corrected chi connectivity index (χ2v) is 4.57. The Kier molecular flexibility index (Phi) is 3.23. The number of ether oxygens (including phenoxy) is 1. The zero-order valence-electron chi connectivity index (χ0n) is 11.1. The van der Waals surface area contributed by atoms with Gasteiger partial charge in [-0.05, 0) is 18.2 Å². The zero-order valence-corrected chi connectivity index (χ0v) is 11.1. The number of fused-ring (bicyclic) bond motifs is 1. The van der Waals surface area contributed by atoms with Gasteiger partial charge in [0.05, 0.1) is 4.92 Å². The Bertz CT molecular complexity index is 885. The van der Waals surface area contributed by atoms with Crippen LogP contribution in [0.4, 0.5) is 5.69 Å². The lowest BCUT2D eigenvalue weighted by atomic mass is 10.2. The van der Waals surface area contributed by atoms with E-state index in [1.807, 2.05) is 0 Å². The van der Waals surface area contributed by atoms with Crippen molar-refractivity contribution in [3.63, 3.8) is 0 Å². The lowest BCUT2D eigenvalue weighted by Gasteiger charge is -2.03. The molecule has 1 heterocycles. The summed E-state index contributed by atoms with van der Waals surface area (Å²) in [4.78, 5) is 25.0. The molecule has 0 bridgehead atoms. The van der Waals surface area contributed by atoms with Crippen LogP contribution in [-0.4, -0.2) is 21.0 Å². The number of aromatic nitrogens is 1. The van der Waals surface area contributed by atoms with Crippen molar-refractivity contribution in [1.82, 2.24) is 4.98 Å². The Morgan fingerprint density at radius 3 is 2.68 bits per heavy atom. The normalized spacial score (nSPS) is 10.5. The number of carbonyl (C=O) groups excluding carboxylic acids is 1. The first-order valence-electron chi connectivity index (χ1n) is 6.32. The lowest BCUT2D eigenvalue weighted by molar-refractivity contribution is -0.384. The number of nitro benzene ring substituents is 1. The quantitative estimate of drug-likeness (QED) is 0.439. The molecule has 0 fully saturated rings. The highest BCUT2D eigenvalue weighted by molar-refractivity contribution is 5.94. The van der Waals surface area contributed by atoms with E-state index in [1.54, 1.807) is 12.1 Å². The fourth-order valence-corrected chi connectivity index (χ4v) is 2.06. The monoisotopic (exact) mass is 298 g/mol. The number of carbonyl (C=O) groups is 1. The molecule has 0 amide bonds. The Balaban J connectivity index is 1.89. The van der Waals surface area contributed by atoms with Gasteiger partial charge in [-0.1, -0.05) is 12.1 Å². The second kappa shape index (κ2) is 5.21. The zero-order chi connectivity index (χ0) is 15.7. The summed E-state index contributed by atoms with van der Waals surface area (Å²) >= 11 is 0. The Morgan fingerprint density at radius 1 is 1.18 bits per heavy atom. The van der Waals surface area contributed by atoms with Crippen molar-refractivity contribution in [1.29, 1.82) is 0 Å². The van der Waals surface area contributed by atoms with Crippen LogP contribution in [-0.2, 0) is 0 Å². The number of benzene rings is 2. The topological polar surface area (TPSA) is 105 Å². The van der Waals surface area contributed by atoms with E-state index in [1.165, 1.54) is 36.4 Å². The van der Waals surface area contributed by atoms with Crippen molar-refractivity contribution in [2.75, 3.05) is 0 Å². The molecular formula is C15H10N2O5. The second-order valence-electron chi connectivity index (χ2n) is 4.57. The average Bonchev–Trinajstić information content (AvgIpc) is 2.88. The minimum atomic E-state index is -0.723. The van der Waals surface area contributed by atoms with E-state index in [2.05, 4.69) is 4.98 Å². The summed E-state index contributed by atoms with van der Waals surface area (Å²) in [6.07, 6.45) is 0. The van der Waals surface area contributed by atoms with E-state index in [4.69, 9.17) is 4.74 Å². The predicted octanol–water partition coefficient (Wildman–Crippen LogP) is 3.00. The van der Waals surface area contributed by atoms with Gasteiger partial charge in [0.15, 0.2) is 0 Å². The summed E-state index contributed by atoms with van der Waals surface area (Å²) in [6, 6.07) is 11.8. The number of non-ortho nitro benzene ring substituents is 1. The van der Waals surface area contributed by atoms with E-state index < -0.39 is 10.9 Å². The van der Waals surface area contributed by atoms with E-state index in [0.29, 0.717) is 10.9 Å². The van der Waals surface area contributed by atoms with Crippen LogP contribution in [0.5, 0.6) is 11.6 Å². The SMILES string of the molecule is O=C(Oc1cc2cc([N+](=O)[O-])ccc2[nH]1)c1ccccc1O. The Morgan fingerprint density at radius 2 is 1.95 bits per heavy atom. The molecule has 2 aromatic carbocycles. The van der Waals surface area contributed by atoms with Crippen molar-refractivity contribution in [2.45, 2.75) is 0 Å². The van der Waals surface area contributed by atoms with Crippen molar-refractivity contribution in [3.05, 3.63) is 64.2 Å². The minimum absolute atomic E-state index is 0.0344. The summed E-state index contributed by atoms with van der Waals surface area (Å²) in [5.74, 6) is -0.762. The van der Waals surface area contributed by atoms with Gasteiger partial charge in [-0.15, -0.1) is 0 Å². The van der Waals surface area contributed by atoms with Crippen molar-refractivity contribution >= 4 is 22.6 Å². The van der Waals surface area contributed by atoms with Crippen molar-refractivity contribution < 1.29 is 19.6 Å². The van der Waals surface area contributed by atoms with Gasteiger partial charge in [0, 0.05) is 29.1 Å². The molecule has 7 heteroatoms. The fourth-order valence-electron chi connectivity index (χ4n) is 2.06. The van der Waals surface area contributed by atoms with Gasteiger partial charge in [0.2, 0.25) is 5.88 Å². The molecule has 2 N–H and O–H groups in total. The largest absolute Gasteiger partial charge is 0.507 e. The number of rotatable bonds is 3. The minimum Gasteiger partial charge on any atom is -0.507 e. The first kappa shape index (κ1) is 13.6. The molecule has 0 aliphatic rings. The van der Waals surface area contributed by atoms with Crippen molar-refractivity contribution in [2.24, 2.45) is 0 Å². The average molecular weight is 298 g/mol. The smallest absolute Gasteiger partial charge is 0.348 e.